The van der Waals surface area contributed by atoms with E-state index < -0.39 is 0 Å². The molecule has 0 radical (unpaired) electrons. The molecule has 25 heavy (non-hydrogen) atoms. The van der Waals surface area contributed by atoms with Crippen LogP contribution in [0.15, 0.2) is 30.7 Å². The van der Waals surface area contributed by atoms with Crippen LogP contribution in [0.2, 0.25) is 0 Å². The number of pyridine rings is 1. The quantitative estimate of drug-likeness (QED) is 0.542. The van der Waals surface area contributed by atoms with Crippen LogP contribution in [0, 0.1) is 0 Å². The molecule has 8 nitrogen and oxygen atoms in total. The number of aromatic nitrogens is 4. The summed E-state index contributed by atoms with van der Waals surface area (Å²) in [6.45, 7) is 2.64. The lowest BCUT2D eigenvalue weighted by atomic mass is 10.1. The summed E-state index contributed by atoms with van der Waals surface area (Å²) >= 11 is 0. The highest BCUT2D eigenvalue weighted by molar-refractivity contribution is 6.02. The molecular formula is C17H21N7O. The molecule has 0 saturated carbocycles. The van der Waals surface area contributed by atoms with E-state index in [2.05, 4.69) is 30.2 Å². The van der Waals surface area contributed by atoms with E-state index >= 15 is 0 Å². The zero-order valence-corrected chi connectivity index (χ0v) is 13.8. The summed E-state index contributed by atoms with van der Waals surface area (Å²) in [6, 6.07) is 4.27. The second-order valence-electron chi connectivity index (χ2n) is 6.17. The third-order valence-corrected chi connectivity index (χ3v) is 4.58. The van der Waals surface area contributed by atoms with Gasteiger partial charge in [0.2, 0.25) is 5.95 Å². The van der Waals surface area contributed by atoms with E-state index in [0.29, 0.717) is 12.6 Å². The third-order valence-electron chi connectivity index (χ3n) is 4.58. The van der Waals surface area contributed by atoms with Crippen LogP contribution < -0.4 is 16.0 Å². The van der Waals surface area contributed by atoms with Crippen molar-refractivity contribution < 1.29 is 5.11 Å². The van der Waals surface area contributed by atoms with E-state index in [1.165, 1.54) is 0 Å². The van der Waals surface area contributed by atoms with Crippen LogP contribution in [0.1, 0.15) is 6.42 Å². The van der Waals surface area contributed by atoms with Gasteiger partial charge in [0.15, 0.2) is 0 Å². The largest absolute Gasteiger partial charge is 0.395 e. The lowest BCUT2D eigenvalue weighted by Gasteiger charge is -2.20. The fourth-order valence-electron chi connectivity index (χ4n) is 3.44. The fourth-order valence-corrected chi connectivity index (χ4v) is 3.44. The molecule has 0 amide bonds. The number of hydrogen-bond acceptors (Lipinski definition) is 7. The first kappa shape index (κ1) is 15.8. The van der Waals surface area contributed by atoms with Crippen LogP contribution in [0.25, 0.3) is 22.3 Å². The van der Waals surface area contributed by atoms with E-state index in [0.717, 1.165) is 47.5 Å². The second-order valence-corrected chi connectivity index (χ2v) is 6.17. The molecular weight excluding hydrogens is 318 g/mol. The standard InChI is InChI=1S/C17H21N7O/c18-17-21-4-1-13(23-17)12-9-22-16-15(12)14(2-5-20-16)24-7-3-11(10-24)19-6-8-25/h1-2,4-5,9,11,19,25H,3,6-8,10H2,(H,20,22)(H2,18,21,23)/t11-/m0/s1. The van der Waals surface area contributed by atoms with Gasteiger partial charge in [-0.05, 0) is 18.6 Å². The average molecular weight is 339 g/mol. The minimum atomic E-state index is 0.160. The number of aromatic amines is 1. The van der Waals surface area contributed by atoms with Gasteiger partial charge in [0.25, 0.3) is 0 Å². The summed E-state index contributed by atoms with van der Waals surface area (Å²) in [5.41, 5.74) is 9.46. The Morgan fingerprint density at radius 1 is 1.32 bits per heavy atom. The van der Waals surface area contributed by atoms with E-state index in [-0.39, 0.29) is 12.6 Å². The molecule has 1 aliphatic rings. The van der Waals surface area contributed by atoms with Gasteiger partial charge in [-0.15, -0.1) is 0 Å². The van der Waals surface area contributed by atoms with Crippen LogP contribution in [0.5, 0.6) is 0 Å². The Hall–Kier alpha value is -2.71. The van der Waals surface area contributed by atoms with Gasteiger partial charge in [0.05, 0.1) is 23.4 Å². The first-order valence-electron chi connectivity index (χ1n) is 8.40. The Balaban J connectivity index is 1.72. The molecule has 1 atom stereocenters. The number of nitrogen functional groups attached to an aromatic ring is 1. The summed E-state index contributed by atoms with van der Waals surface area (Å²) in [7, 11) is 0. The van der Waals surface area contributed by atoms with Gasteiger partial charge in [-0.2, -0.15) is 0 Å². The average Bonchev–Trinajstić information content (AvgIpc) is 3.27. The maximum atomic E-state index is 9.00. The van der Waals surface area contributed by atoms with Crippen molar-refractivity contribution in [2.75, 3.05) is 36.9 Å². The van der Waals surface area contributed by atoms with Crippen molar-refractivity contribution in [3.05, 3.63) is 30.7 Å². The zero-order chi connectivity index (χ0) is 17.2. The molecule has 3 aromatic rings. The van der Waals surface area contributed by atoms with Crippen LogP contribution >= 0.6 is 0 Å². The molecule has 8 heteroatoms. The predicted octanol–water partition coefficient (Wildman–Crippen LogP) is 0.763. The first-order valence-corrected chi connectivity index (χ1v) is 8.40. The summed E-state index contributed by atoms with van der Waals surface area (Å²) in [5, 5.41) is 13.4. The summed E-state index contributed by atoms with van der Waals surface area (Å²) in [6.07, 6.45) is 6.45. The predicted molar refractivity (Wildman–Crippen MR) is 97.2 cm³/mol. The number of H-pyrrole nitrogens is 1. The number of rotatable bonds is 5. The smallest absolute Gasteiger partial charge is 0.220 e. The lowest BCUT2D eigenvalue weighted by molar-refractivity contribution is 0.286. The number of nitrogens with two attached hydrogens (primary N) is 1. The molecule has 0 spiro atoms. The minimum Gasteiger partial charge on any atom is -0.395 e. The van der Waals surface area contributed by atoms with Crippen molar-refractivity contribution >= 4 is 22.7 Å². The molecule has 1 fully saturated rings. The highest BCUT2D eigenvalue weighted by atomic mass is 16.3. The van der Waals surface area contributed by atoms with E-state index in [9.17, 15) is 0 Å². The normalized spacial score (nSPS) is 17.5. The summed E-state index contributed by atoms with van der Waals surface area (Å²) < 4.78 is 0. The zero-order valence-electron chi connectivity index (χ0n) is 13.8. The Morgan fingerprint density at radius 3 is 3.04 bits per heavy atom. The number of aliphatic hydroxyl groups is 1. The van der Waals surface area contributed by atoms with E-state index in [1.54, 1.807) is 6.20 Å². The van der Waals surface area contributed by atoms with Gasteiger partial charge in [-0.25, -0.2) is 15.0 Å². The number of hydrogen-bond donors (Lipinski definition) is 4. The highest BCUT2D eigenvalue weighted by Gasteiger charge is 2.25. The fraction of sp³-hybridized carbons (Fsp3) is 0.353. The number of aliphatic hydroxyl groups excluding tert-OH is 1. The van der Waals surface area contributed by atoms with Crippen LogP contribution in [0.4, 0.5) is 11.6 Å². The molecule has 4 rings (SSSR count). The first-order chi connectivity index (χ1) is 12.3. The molecule has 3 aromatic heterocycles. The van der Waals surface area contributed by atoms with Crippen LogP contribution in [-0.2, 0) is 0 Å². The number of nitrogens with one attached hydrogen (secondary N) is 2. The lowest BCUT2D eigenvalue weighted by Crippen LogP contribution is -2.34. The minimum absolute atomic E-state index is 0.160. The van der Waals surface area contributed by atoms with Crippen molar-refractivity contribution in [1.29, 1.82) is 0 Å². The van der Waals surface area contributed by atoms with E-state index in [1.807, 2.05) is 24.5 Å². The Bertz CT molecular complexity index is 878. The van der Waals surface area contributed by atoms with Gasteiger partial charge in [-0.1, -0.05) is 0 Å². The number of nitrogens with zero attached hydrogens (tertiary/aromatic N) is 4. The van der Waals surface area contributed by atoms with E-state index in [4.69, 9.17) is 10.8 Å². The molecule has 1 saturated heterocycles. The highest BCUT2D eigenvalue weighted by Crippen LogP contribution is 2.35. The molecule has 4 heterocycles. The van der Waals surface area contributed by atoms with Gasteiger partial charge < -0.3 is 26.0 Å². The molecule has 5 N–H and O–H groups in total. The van der Waals surface area contributed by atoms with Crippen molar-refractivity contribution in [2.24, 2.45) is 0 Å². The van der Waals surface area contributed by atoms with Gasteiger partial charge in [-0.3, -0.25) is 0 Å². The molecule has 1 aliphatic heterocycles. The third kappa shape index (κ3) is 3.01. The van der Waals surface area contributed by atoms with Crippen molar-refractivity contribution in [3.63, 3.8) is 0 Å². The van der Waals surface area contributed by atoms with Gasteiger partial charge in [0.1, 0.15) is 5.65 Å². The van der Waals surface area contributed by atoms with Crippen molar-refractivity contribution in [2.45, 2.75) is 12.5 Å². The molecule has 130 valence electrons. The number of anilines is 2. The maximum absolute atomic E-state index is 9.00. The summed E-state index contributed by atoms with van der Waals surface area (Å²) in [5.74, 6) is 0.256. The molecule has 0 unspecified atom stereocenters. The Morgan fingerprint density at radius 2 is 2.20 bits per heavy atom. The van der Waals surface area contributed by atoms with Crippen molar-refractivity contribution in [3.8, 4) is 11.3 Å². The van der Waals surface area contributed by atoms with Crippen LogP contribution in [-0.4, -0.2) is 57.3 Å². The monoisotopic (exact) mass is 339 g/mol. The Kier molecular flexibility index (Phi) is 4.21. The SMILES string of the molecule is Nc1nccc(-c2c[nH]c3nccc(N4CC[C@H](NCCO)C4)c23)n1. The molecule has 0 aromatic carbocycles. The topological polar surface area (TPSA) is 116 Å². The summed E-state index contributed by atoms with van der Waals surface area (Å²) in [4.78, 5) is 18.3. The molecule has 0 aliphatic carbocycles. The van der Waals surface area contributed by atoms with Crippen LogP contribution in [0.3, 0.4) is 0 Å². The number of fused-ring (bicyclic) bond motifs is 1. The molecule has 0 bridgehead atoms. The van der Waals surface area contributed by atoms with Crippen molar-refractivity contribution in [1.82, 2.24) is 25.3 Å². The second kappa shape index (κ2) is 6.66. The van der Waals surface area contributed by atoms with Gasteiger partial charge in [0, 0.05) is 49.8 Å². The maximum Gasteiger partial charge on any atom is 0.220 e. The Labute approximate surface area is 145 Å². The van der Waals surface area contributed by atoms with Gasteiger partial charge >= 0.3 is 0 Å².